The summed E-state index contributed by atoms with van der Waals surface area (Å²) < 4.78 is 11.5. The number of aliphatic imine (C=N–C) groups is 1. The summed E-state index contributed by atoms with van der Waals surface area (Å²) in [5, 5.41) is 0. The van der Waals surface area contributed by atoms with Gasteiger partial charge >= 0.3 is 0 Å². The van der Waals surface area contributed by atoms with Crippen molar-refractivity contribution in [3.63, 3.8) is 0 Å². The lowest BCUT2D eigenvalue weighted by atomic mass is 10.1. The van der Waals surface area contributed by atoms with Gasteiger partial charge in [-0.1, -0.05) is 15.9 Å². The number of ether oxygens (including phenoxy) is 2. The van der Waals surface area contributed by atoms with Crippen molar-refractivity contribution in [3.8, 4) is 11.5 Å². The van der Waals surface area contributed by atoms with Gasteiger partial charge in [-0.3, -0.25) is 4.99 Å². The zero-order valence-corrected chi connectivity index (χ0v) is 12.3. The van der Waals surface area contributed by atoms with E-state index in [4.69, 9.17) is 20.9 Å². The van der Waals surface area contributed by atoms with E-state index < -0.39 is 0 Å². The highest BCUT2D eigenvalue weighted by atomic mass is 79.9. The summed E-state index contributed by atoms with van der Waals surface area (Å²) in [7, 11) is 0. The number of nitrogens with two attached hydrogens (primary N) is 2. The van der Waals surface area contributed by atoms with Crippen LogP contribution in [0.25, 0.3) is 0 Å². The van der Waals surface area contributed by atoms with Gasteiger partial charge in [-0.2, -0.15) is 0 Å². The fourth-order valence-electron chi connectivity index (χ4n) is 1.46. The molecule has 7 heteroatoms. The van der Waals surface area contributed by atoms with Crippen LogP contribution in [0.3, 0.4) is 0 Å². The maximum atomic E-state index is 5.29. The minimum absolute atomic E-state index is 0. The first-order valence-electron chi connectivity index (χ1n) is 4.80. The quantitative estimate of drug-likeness (QED) is 0.628. The number of benzene rings is 1. The molecule has 94 valence electrons. The van der Waals surface area contributed by atoms with Crippen molar-refractivity contribution in [3.05, 3.63) is 22.2 Å². The molecule has 0 radical (unpaired) electrons. The lowest BCUT2D eigenvalue weighted by Crippen LogP contribution is -2.23. The van der Waals surface area contributed by atoms with Gasteiger partial charge < -0.3 is 20.9 Å². The Labute approximate surface area is 118 Å². The van der Waals surface area contributed by atoms with Crippen LogP contribution in [-0.2, 0) is 6.42 Å². The molecule has 0 aliphatic carbocycles. The maximum Gasteiger partial charge on any atom is 0.231 e. The van der Waals surface area contributed by atoms with Crippen LogP contribution >= 0.6 is 32.9 Å². The zero-order chi connectivity index (χ0) is 11.5. The smallest absolute Gasteiger partial charge is 0.231 e. The summed E-state index contributed by atoms with van der Waals surface area (Å²) in [6.07, 6.45) is 0.745. The molecule has 0 fully saturated rings. The third kappa shape index (κ3) is 3.50. The molecule has 1 heterocycles. The van der Waals surface area contributed by atoms with Crippen LogP contribution in [0.5, 0.6) is 11.5 Å². The first-order chi connectivity index (χ1) is 7.66. The summed E-state index contributed by atoms with van der Waals surface area (Å²) in [5.74, 6) is 1.64. The van der Waals surface area contributed by atoms with Crippen LogP contribution in [0.1, 0.15) is 5.56 Å². The Morgan fingerprint density at radius 2 is 1.94 bits per heavy atom. The molecule has 0 unspecified atom stereocenters. The Balaban J connectivity index is 0.00000144. The number of fused-ring (bicyclic) bond motifs is 1. The van der Waals surface area contributed by atoms with Crippen molar-refractivity contribution in [2.45, 2.75) is 6.42 Å². The van der Waals surface area contributed by atoms with Crippen LogP contribution in [0.4, 0.5) is 0 Å². The second-order valence-electron chi connectivity index (χ2n) is 3.35. The molecular formula is C10H13Br2N3O2. The van der Waals surface area contributed by atoms with Crippen molar-refractivity contribution in [1.82, 2.24) is 0 Å². The summed E-state index contributed by atoms with van der Waals surface area (Å²) in [4.78, 5) is 3.93. The zero-order valence-electron chi connectivity index (χ0n) is 8.98. The molecule has 1 aromatic rings. The minimum atomic E-state index is 0. The maximum absolute atomic E-state index is 5.29. The average Bonchev–Trinajstić information content (AvgIpc) is 2.64. The van der Waals surface area contributed by atoms with E-state index in [2.05, 4.69) is 20.9 Å². The van der Waals surface area contributed by atoms with Crippen molar-refractivity contribution < 1.29 is 9.47 Å². The monoisotopic (exact) mass is 365 g/mol. The van der Waals surface area contributed by atoms with Gasteiger partial charge in [-0.25, -0.2) is 0 Å². The first-order valence-corrected chi connectivity index (χ1v) is 5.59. The summed E-state index contributed by atoms with van der Waals surface area (Å²) in [5.41, 5.74) is 11.6. The molecule has 0 amide bonds. The Bertz CT molecular complexity index is 434. The number of halogens is 2. The Hall–Kier alpha value is -0.950. The van der Waals surface area contributed by atoms with Crippen molar-refractivity contribution in [1.29, 1.82) is 0 Å². The number of rotatable bonds is 3. The van der Waals surface area contributed by atoms with Gasteiger partial charge in [-0.05, 0) is 24.1 Å². The van der Waals surface area contributed by atoms with Crippen molar-refractivity contribution in [2.75, 3.05) is 13.3 Å². The molecule has 17 heavy (non-hydrogen) atoms. The number of hydrogen-bond donors (Lipinski definition) is 2. The van der Waals surface area contributed by atoms with Crippen LogP contribution in [0.2, 0.25) is 0 Å². The van der Waals surface area contributed by atoms with E-state index in [1.165, 1.54) is 0 Å². The van der Waals surface area contributed by atoms with E-state index in [1.807, 2.05) is 12.1 Å². The predicted molar refractivity (Wildman–Crippen MR) is 75.0 cm³/mol. The topological polar surface area (TPSA) is 82.9 Å². The standard InChI is InChI=1S/C10H12BrN3O2.BrH/c11-7-4-9-8(15-5-16-9)3-6(7)1-2-14-10(12)13;/h3-4H,1-2,5H2,(H4,12,13,14);1H. The van der Waals surface area contributed by atoms with Gasteiger partial charge in [0.15, 0.2) is 17.5 Å². The average molecular weight is 367 g/mol. The Morgan fingerprint density at radius 1 is 1.29 bits per heavy atom. The molecule has 5 nitrogen and oxygen atoms in total. The third-order valence-corrected chi connectivity index (χ3v) is 2.96. The molecule has 0 spiro atoms. The highest BCUT2D eigenvalue weighted by molar-refractivity contribution is 9.10. The molecule has 0 atom stereocenters. The van der Waals surface area contributed by atoms with Gasteiger partial charge in [0, 0.05) is 11.0 Å². The van der Waals surface area contributed by atoms with Gasteiger partial charge in [0.25, 0.3) is 0 Å². The fraction of sp³-hybridized carbons (Fsp3) is 0.300. The summed E-state index contributed by atoms with van der Waals surface area (Å²) >= 11 is 3.47. The summed E-state index contributed by atoms with van der Waals surface area (Å²) in [6.45, 7) is 0.833. The van der Waals surface area contributed by atoms with Gasteiger partial charge in [0.05, 0.1) is 0 Å². The molecule has 0 saturated heterocycles. The second-order valence-corrected chi connectivity index (χ2v) is 4.21. The largest absolute Gasteiger partial charge is 0.454 e. The molecule has 2 rings (SSSR count). The molecule has 0 bridgehead atoms. The molecule has 1 aliphatic rings. The molecular weight excluding hydrogens is 354 g/mol. The molecule has 0 saturated carbocycles. The lowest BCUT2D eigenvalue weighted by molar-refractivity contribution is 0.174. The van der Waals surface area contributed by atoms with Crippen LogP contribution in [0, 0.1) is 0 Å². The van der Waals surface area contributed by atoms with Crippen molar-refractivity contribution >= 4 is 38.9 Å². The molecule has 0 aromatic heterocycles. The van der Waals surface area contributed by atoms with E-state index in [0.717, 1.165) is 28.0 Å². The SMILES string of the molecule is Br.NC(N)=NCCc1cc2c(cc1Br)OCO2. The number of guanidine groups is 1. The van der Waals surface area contributed by atoms with Crippen LogP contribution < -0.4 is 20.9 Å². The first kappa shape index (κ1) is 14.1. The second kappa shape index (κ2) is 6.11. The van der Waals surface area contributed by atoms with E-state index in [9.17, 15) is 0 Å². The van der Waals surface area contributed by atoms with Gasteiger partial charge in [0.2, 0.25) is 6.79 Å². The highest BCUT2D eigenvalue weighted by Gasteiger charge is 2.15. The lowest BCUT2D eigenvalue weighted by Gasteiger charge is -2.04. The minimum Gasteiger partial charge on any atom is -0.454 e. The highest BCUT2D eigenvalue weighted by Crippen LogP contribution is 2.36. The fourth-order valence-corrected chi connectivity index (χ4v) is 1.98. The normalized spacial score (nSPS) is 11.8. The molecule has 1 aliphatic heterocycles. The number of hydrogen-bond acceptors (Lipinski definition) is 3. The third-order valence-electron chi connectivity index (χ3n) is 2.22. The van der Waals surface area contributed by atoms with Crippen LogP contribution in [0.15, 0.2) is 21.6 Å². The van der Waals surface area contributed by atoms with Crippen LogP contribution in [-0.4, -0.2) is 19.3 Å². The van der Waals surface area contributed by atoms with Crippen molar-refractivity contribution in [2.24, 2.45) is 16.5 Å². The van der Waals surface area contributed by atoms with E-state index in [0.29, 0.717) is 6.54 Å². The predicted octanol–water partition coefficient (Wildman–Crippen LogP) is 1.57. The Kier molecular flexibility index (Phi) is 5.07. The van der Waals surface area contributed by atoms with Gasteiger partial charge in [0.1, 0.15) is 0 Å². The van der Waals surface area contributed by atoms with E-state index in [-0.39, 0.29) is 29.7 Å². The van der Waals surface area contributed by atoms with E-state index >= 15 is 0 Å². The van der Waals surface area contributed by atoms with E-state index in [1.54, 1.807) is 0 Å². The number of nitrogens with zero attached hydrogens (tertiary/aromatic N) is 1. The molecule has 4 N–H and O–H groups in total. The van der Waals surface area contributed by atoms with Gasteiger partial charge in [-0.15, -0.1) is 17.0 Å². The molecule has 1 aromatic carbocycles. The summed E-state index contributed by atoms with van der Waals surface area (Å²) in [6, 6.07) is 3.84. The Morgan fingerprint density at radius 3 is 2.59 bits per heavy atom.